The molecule has 2 rings (SSSR count). The van der Waals surface area contributed by atoms with E-state index in [9.17, 15) is 0 Å². The molecule has 0 aromatic heterocycles. The number of aryl methyl sites for hydroxylation is 3. The van der Waals surface area contributed by atoms with Crippen molar-refractivity contribution in [1.29, 1.82) is 0 Å². The van der Waals surface area contributed by atoms with Crippen molar-refractivity contribution in [2.24, 2.45) is 0 Å². The summed E-state index contributed by atoms with van der Waals surface area (Å²) in [5, 5.41) is 0. The van der Waals surface area contributed by atoms with Gasteiger partial charge in [0.05, 0.1) is 0 Å². The van der Waals surface area contributed by atoms with Gasteiger partial charge in [-0.25, -0.2) is 0 Å². The van der Waals surface area contributed by atoms with Crippen LogP contribution in [0.15, 0.2) is 48.5 Å². The standard InChI is InChI=1S/C21H24S/c1-4-16-7-10-20(11-8-16)21(22)12-9-19-14-17(5-2)13-18(6-3)15-19/h7-15H,4-6H2,1-3H3. The molecule has 0 aliphatic heterocycles. The Balaban J connectivity index is 2.17. The van der Waals surface area contributed by atoms with E-state index in [0.717, 1.165) is 29.7 Å². The summed E-state index contributed by atoms with van der Waals surface area (Å²) in [6.07, 6.45) is 7.38. The third-order valence-corrected chi connectivity index (χ3v) is 4.34. The fourth-order valence-corrected chi connectivity index (χ4v) is 2.67. The molecule has 0 aliphatic rings. The number of thiocarbonyl (C=S) groups is 1. The summed E-state index contributed by atoms with van der Waals surface area (Å²) in [5.74, 6) is 0. The highest BCUT2D eigenvalue weighted by atomic mass is 32.1. The first kappa shape index (κ1) is 16.6. The molecule has 0 saturated heterocycles. The van der Waals surface area contributed by atoms with Crippen molar-refractivity contribution in [2.45, 2.75) is 40.0 Å². The Bertz CT molecular complexity index is 641. The van der Waals surface area contributed by atoms with E-state index in [0.29, 0.717) is 0 Å². The van der Waals surface area contributed by atoms with Crippen molar-refractivity contribution >= 4 is 23.2 Å². The van der Waals surface area contributed by atoms with Gasteiger partial charge in [-0.1, -0.05) is 81.5 Å². The molecule has 0 spiro atoms. The molecule has 2 aromatic rings. The fourth-order valence-electron chi connectivity index (χ4n) is 2.47. The first-order valence-electron chi connectivity index (χ1n) is 8.10. The zero-order valence-electron chi connectivity index (χ0n) is 13.7. The van der Waals surface area contributed by atoms with E-state index < -0.39 is 0 Å². The molecule has 0 fully saturated rings. The van der Waals surface area contributed by atoms with Crippen molar-refractivity contribution in [3.05, 3.63) is 76.4 Å². The molecule has 0 atom stereocenters. The highest BCUT2D eigenvalue weighted by molar-refractivity contribution is 7.81. The topological polar surface area (TPSA) is 0 Å². The van der Waals surface area contributed by atoms with Crippen LogP contribution in [0.4, 0.5) is 0 Å². The molecule has 0 saturated carbocycles. The molecule has 0 aliphatic carbocycles. The molecular formula is C21H24S. The predicted molar refractivity (Wildman–Crippen MR) is 102 cm³/mol. The van der Waals surface area contributed by atoms with Crippen LogP contribution in [0.5, 0.6) is 0 Å². The quantitative estimate of drug-likeness (QED) is 0.369. The molecule has 0 N–H and O–H groups in total. The van der Waals surface area contributed by atoms with Gasteiger partial charge in [0.25, 0.3) is 0 Å². The van der Waals surface area contributed by atoms with Crippen molar-refractivity contribution < 1.29 is 0 Å². The van der Waals surface area contributed by atoms with Gasteiger partial charge in [-0.2, -0.15) is 0 Å². The molecule has 0 heterocycles. The first-order valence-corrected chi connectivity index (χ1v) is 8.51. The molecule has 0 bridgehead atoms. The smallest absolute Gasteiger partial charge is 0.0449 e. The average Bonchev–Trinajstić information content (AvgIpc) is 2.59. The summed E-state index contributed by atoms with van der Waals surface area (Å²) in [7, 11) is 0. The monoisotopic (exact) mass is 308 g/mol. The van der Waals surface area contributed by atoms with Crippen LogP contribution in [0.3, 0.4) is 0 Å². The van der Waals surface area contributed by atoms with Gasteiger partial charge in [-0.3, -0.25) is 0 Å². The van der Waals surface area contributed by atoms with Gasteiger partial charge in [0.2, 0.25) is 0 Å². The van der Waals surface area contributed by atoms with Gasteiger partial charge in [-0.15, -0.1) is 0 Å². The van der Waals surface area contributed by atoms with E-state index in [1.165, 1.54) is 22.3 Å². The molecule has 2 aromatic carbocycles. The van der Waals surface area contributed by atoms with Crippen LogP contribution < -0.4 is 0 Å². The van der Waals surface area contributed by atoms with E-state index in [1.807, 2.05) is 6.08 Å². The van der Waals surface area contributed by atoms with Crippen LogP contribution in [0, 0.1) is 0 Å². The van der Waals surface area contributed by atoms with Crippen LogP contribution in [-0.2, 0) is 19.3 Å². The van der Waals surface area contributed by atoms with Gasteiger partial charge >= 0.3 is 0 Å². The van der Waals surface area contributed by atoms with E-state index in [4.69, 9.17) is 12.2 Å². The van der Waals surface area contributed by atoms with Gasteiger partial charge in [-0.05, 0) is 53.2 Å². The van der Waals surface area contributed by atoms with E-state index >= 15 is 0 Å². The van der Waals surface area contributed by atoms with E-state index in [1.54, 1.807) is 0 Å². The molecule has 0 nitrogen and oxygen atoms in total. The largest absolute Gasteiger partial charge is 0.0795 e. The Hall–Kier alpha value is -1.73. The minimum atomic E-state index is 0.891. The lowest BCUT2D eigenvalue weighted by atomic mass is 10.0. The van der Waals surface area contributed by atoms with Crippen molar-refractivity contribution in [3.63, 3.8) is 0 Å². The molecular weight excluding hydrogens is 284 g/mol. The summed E-state index contributed by atoms with van der Waals surface area (Å²) < 4.78 is 0. The Morgan fingerprint density at radius 1 is 0.818 bits per heavy atom. The average molecular weight is 308 g/mol. The number of rotatable bonds is 6. The Morgan fingerprint density at radius 2 is 1.36 bits per heavy atom. The predicted octanol–water partition coefficient (Wildman–Crippen LogP) is 5.81. The van der Waals surface area contributed by atoms with Gasteiger partial charge in [0.1, 0.15) is 0 Å². The lowest BCUT2D eigenvalue weighted by Crippen LogP contribution is -1.93. The highest BCUT2D eigenvalue weighted by Gasteiger charge is 2.00. The third-order valence-electron chi connectivity index (χ3n) is 3.97. The molecule has 22 heavy (non-hydrogen) atoms. The molecule has 1 heteroatoms. The minimum Gasteiger partial charge on any atom is -0.0795 e. The van der Waals surface area contributed by atoms with Crippen molar-refractivity contribution in [3.8, 4) is 0 Å². The maximum atomic E-state index is 5.53. The molecule has 0 radical (unpaired) electrons. The second-order valence-electron chi connectivity index (χ2n) is 5.54. The van der Waals surface area contributed by atoms with Gasteiger partial charge in [0, 0.05) is 4.86 Å². The lowest BCUT2D eigenvalue weighted by Gasteiger charge is -2.05. The number of benzene rings is 2. The van der Waals surface area contributed by atoms with Crippen LogP contribution in [0.1, 0.15) is 48.6 Å². The number of hydrogen-bond acceptors (Lipinski definition) is 1. The Labute approximate surface area is 139 Å². The zero-order chi connectivity index (χ0) is 15.9. The van der Waals surface area contributed by atoms with Crippen molar-refractivity contribution in [1.82, 2.24) is 0 Å². The summed E-state index contributed by atoms with van der Waals surface area (Å²) in [4.78, 5) is 0.891. The highest BCUT2D eigenvalue weighted by Crippen LogP contribution is 2.14. The van der Waals surface area contributed by atoms with E-state index in [-0.39, 0.29) is 0 Å². The summed E-state index contributed by atoms with van der Waals surface area (Å²) in [5.41, 5.74) is 6.47. The molecule has 114 valence electrons. The van der Waals surface area contributed by atoms with Gasteiger partial charge in [0.15, 0.2) is 0 Å². The SMILES string of the molecule is CCc1ccc(C(=S)C=Cc2cc(CC)cc(CC)c2)cc1. The lowest BCUT2D eigenvalue weighted by molar-refractivity contribution is 1.08. The summed E-state index contributed by atoms with van der Waals surface area (Å²) >= 11 is 5.53. The molecule has 0 unspecified atom stereocenters. The number of hydrogen-bond donors (Lipinski definition) is 0. The fraction of sp³-hybridized carbons (Fsp3) is 0.286. The molecule has 0 amide bonds. The van der Waals surface area contributed by atoms with Crippen molar-refractivity contribution in [2.75, 3.05) is 0 Å². The van der Waals surface area contributed by atoms with E-state index in [2.05, 4.69) is 69.3 Å². The third kappa shape index (κ3) is 4.38. The van der Waals surface area contributed by atoms with Crippen LogP contribution >= 0.6 is 12.2 Å². The Kier molecular flexibility index (Phi) is 6.09. The minimum absolute atomic E-state index is 0.891. The number of allylic oxidation sites excluding steroid dienone is 1. The van der Waals surface area contributed by atoms with Crippen LogP contribution in [-0.4, -0.2) is 4.86 Å². The summed E-state index contributed by atoms with van der Waals surface area (Å²) in [6, 6.07) is 15.3. The second-order valence-corrected chi connectivity index (χ2v) is 5.98. The van der Waals surface area contributed by atoms with Gasteiger partial charge < -0.3 is 0 Å². The maximum absolute atomic E-state index is 5.53. The second kappa shape index (κ2) is 8.05. The zero-order valence-corrected chi connectivity index (χ0v) is 14.5. The van der Waals surface area contributed by atoms with Crippen LogP contribution in [0.25, 0.3) is 6.08 Å². The summed E-state index contributed by atoms with van der Waals surface area (Å²) in [6.45, 7) is 6.56. The first-order chi connectivity index (χ1) is 10.7. The normalized spacial score (nSPS) is 11.0. The Morgan fingerprint density at radius 3 is 1.86 bits per heavy atom. The maximum Gasteiger partial charge on any atom is 0.0449 e. The van der Waals surface area contributed by atoms with Crippen LogP contribution in [0.2, 0.25) is 0 Å².